The molecule has 1 fully saturated rings. The highest BCUT2D eigenvalue weighted by atomic mass is 16.7. The van der Waals surface area contributed by atoms with Crippen LogP contribution < -0.4 is 9.47 Å². The van der Waals surface area contributed by atoms with Crippen LogP contribution in [0.2, 0.25) is 0 Å². The van der Waals surface area contributed by atoms with Gasteiger partial charge >= 0.3 is 5.97 Å². The summed E-state index contributed by atoms with van der Waals surface area (Å²) in [6, 6.07) is 9.95. The summed E-state index contributed by atoms with van der Waals surface area (Å²) in [5.74, 6) is -0.883. The molecule has 7 atom stereocenters. The molecule has 192 valence electrons. The quantitative estimate of drug-likeness (QED) is 0.301. The van der Waals surface area contributed by atoms with Crippen molar-refractivity contribution in [2.24, 2.45) is 11.8 Å². The van der Waals surface area contributed by atoms with Gasteiger partial charge in [-0.25, -0.2) is 4.79 Å². The second kappa shape index (κ2) is 11.1. The molecule has 0 bridgehead atoms. The maximum Gasteiger partial charge on any atom is 0.335 e. The summed E-state index contributed by atoms with van der Waals surface area (Å²) >= 11 is 0. The zero-order chi connectivity index (χ0) is 25.9. The molecule has 0 aromatic heterocycles. The molecule has 2 unspecified atom stereocenters. The van der Waals surface area contributed by atoms with Crippen LogP contribution in [-0.2, 0) is 22.4 Å². The van der Waals surface area contributed by atoms with Crippen molar-refractivity contribution in [3.63, 3.8) is 0 Å². The molecule has 0 aliphatic carbocycles. The van der Waals surface area contributed by atoms with E-state index in [-0.39, 0.29) is 29.1 Å². The number of carbonyl (C=O) groups is 1. The summed E-state index contributed by atoms with van der Waals surface area (Å²) in [6.07, 6.45) is -7.42. The fraction of sp³-hybridized carbons (Fsp3) is 0.480. The van der Waals surface area contributed by atoms with E-state index >= 15 is 0 Å². The topological polar surface area (TPSA) is 166 Å². The fourth-order valence-electron chi connectivity index (χ4n) is 4.05. The Labute approximate surface area is 202 Å². The van der Waals surface area contributed by atoms with Gasteiger partial charge in [-0.05, 0) is 60.1 Å². The van der Waals surface area contributed by atoms with Crippen LogP contribution in [0.15, 0.2) is 36.4 Å². The monoisotopic (exact) mass is 492 g/mol. The molecule has 0 amide bonds. The van der Waals surface area contributed by atoms with Crippen LogP contribution in [-0.4, -0.2) is 74.4 Å². The van der Waals surface area contributed by atoms with Crippen molar-refractivity contribution in [2.75, 3.05) is 7.11 Å². The van der Waals surface area contributed by atoms with Gasteiger partial charge in [0, 0.05) is 0 Å². The number of hydrogen-bond acceptors (Lipinski definition) is 9. The second-order valence-corrected chi connectivity index (χ2v) is 9.02. The first-order valence-corrected chi connectivity index (χ1v) is 11.3. The first-order valence-electron chi connectivity index (χ1n) is 11.3. The minimum absolute atomic E-state index is 0.0533. The summed E-state index contributed by atoms with van der Waals surface area (Å²) in [5, 5.41) is 59.2. The second-order valence-electron chi connectivity index (χ2n) is 9.02. The number of aromatic hydroxyl groups is 2. The number of carboxylic acid groups (broad SMARTS) is 1. The molecule has 1 aliphatic heterocycles. The summed E-state index contributed by atoms with van der Waals surface area (Å²) in [5.41, 5.74) is 1.84. The number of phenols is 2. The van der Waals surface area contributed by atoms with Crippen LogP contribution >= 0.6 is 0 Å². The summed E-state index contributed by atoms with van der Waals surface area (Å²) < 4.78 is 15.8. The number of aliphatic hydroxyl groups is 3. The summed E-state index contributed by atoms with van der Waals surface area (Å²) in [7, 11) is 1.50. The lowest BCUT2D eigenvalue weighted by atomic mass is 9.85. The number of carboxylic acids is 1. The van der Waals surface area contributed by atoms with Crippen molar-refractivity contribution in [1.82, 2.24) is 0 Å². The summed E-state index contributed by atoms with van der Waals surface area (Å²) in [6.45, 7) is 4.19. The zero-order valence-corrected chi connectivity index (χ0v) is 19.7. The van der Waals surface area contributed by atoms with E-state index in [1.165, 1.54) is 13.2 Å². The number of phenolic OH excluding ortho intramolecular Hbond substituents is 2. The van der Waals surface area contributed by atoms with Crippen molar-refractivity contribution in [2.45, 2.75) is 57.4 Å². The third kappa shape index (κ3) is 6.15. The average Bonchev–Trinajstić information content (AvgIpc) is 2.82. The highest BCUT2D eigenvalue weighted by molar-refractivity contribution is 5.73. The van der Waals surface area contributed by atoms with Crippen LogP contribution in [0.25, 0.3) is 0 Å². The summed E-state index contributed by atoms with van der Waals surface area (Å²) in [4.78, 5) is 11.3. The Balaban J connectivity index is 1.69. The first kappa shape index (κ1) is 26.6. The predicted molar refractivity (Wildman–Crippen MR) is 123 cm³/mol. The van der Waals surface area contributed by atoms with E-state index in [9.17, 15) is 35.4 Å². The van der Waals surface area contributed by atoms with Crippen LogP contribution in [0.1, 0.15) is 25.0 Å². The molecule has 2 aromatic rings. The van der Waals surface area contributed by atoms with Gasteiger partial charge in [0.2, 0.25) is 6.29 Å². The Kier molecular flexibility index (Phi) is 8.44. The van der Waals surface area contributed by atoms with Gasteiger partial charge < -0.3 is 44.8 Å². The van der Waals surface area contributed by atoms with Gasteiger partial charge in [-0.2, -0.15) is 0 Å². The first-order chi connectivity index (χ1) is 16.5. The minimum atomic E-state index is -1.84. The van der Waals surface area contributed by atoms with Crippen LogP contribution in [0, 0.1) is 11.8 Å². The Hall–Kier alpha value is -3.05. The lowest BCUT2D eigenvalue weighted by Crippen LogP contribution is -2.61. The van der Waals surface area contributed by atoms with Crippen molar-refractivity contribution >= 4 is 5.97 Å². The van der Waals surface area contributed by atoms with Gasteiger partial charge in [0.15, 0.2) is 29.1 Å². The van der Waals surface area contributed by atoms with Gasteiger partial charge in [-0.15, -0.1) is 0 Å². The molecular formula is C25H32O10. The van der Waals surface area contributed by atoms with Crippen LogP contribution in [0.4, 0.5) is 0 Å². The molecule has 6 N–H and O–H groups in total. The van der Waals surface area contributed by atoms with Gasteiger partial charge in [-0.1, -0.05) is 26.0 Å². The van der Waals surface area contributed by atoms with E-state index in [1.54, 1.807) is 24.3 Å². The molecule has 10 nitrogen and oxygen atoms in total. The molecule has 10 heteroatoms. The smallest absolute Gasteiger partial charge is 0.335 e. The van der Waals surface area contributed by atoms with Crippen LogP contribution in [0.5, 0.6) is 23.0 Å². The number of rotatable bonds is 9. The van der Waals surface area contributed by atoms with Crippen molar-refractivity contribution in [1.29, 1.82) is 0 Å². The zero-order valence-electron chi connectivity index (χ0n) is 19.7. The van der Waals surface area contributed by atoms with E-state index in [0.717, 1.165) is 17.5 Å². The molecule has 1 heterocycles. The predicted octanol–water partition coefficient (Wildman–Crippen LogP) is 1.43. The molecule has 3 rings (SSSR count). The Bertz CT molecular complexity index is 1030. The number of benzene rings is 2. The lowest BCUT2D eigenvalue weighted by Gasteiger charge is -2.38. The van der Waals surface area contributed by atoms with Gasteiger partial charge in [0.05, 0.1) is 7.11 Å². The molecule has 0 spiro atoms. The lowest BCUT2D eigenvalue weighted by molar-refractivity contribution is -0.271. The normalized spacial score (nSPS) is 26.1. The van der Waals surface area contributed by atoms with E-state index in [4.69, 9.17) is 14.2 Å². The van der Waals surface area contributed by atoms with E-state index in [0.29, 0.717) is 12.2 Å². The van der Waals surface area contributed by atoms with Gasteiger partial charge in [0.25, 0.3) is 0 Å². The number of aliphatic hydroxyl groups excluding tert-OH is 3. The Morgan fingerprint density at radius 3 is 1.91 bits per heavy atom. The number of methoxy groups -OCH3 is 1. The molecule has 0 radical (unpaired) electrons. The molecule has 2 aromatic carbocycles. The largest absolute Gasteiger partial charge is 0.504 e. The minimum Gasteiger partial charge on any atom is -0.504 e. The van der Waals surface area contributed by atoms with Gasteiger partial charge in [0.1, 0.15) is 18.3 Å². The van der Waals surface area contributed by atoms with E-state index < -0.39 is 36.7 Å². The maximum absolute atomic E-state index is 11.3. The van der Waals surface area contributed by atoms with Crippen molar-refractivity contribution in [3.8, 4) is 23.0 Å². The highest BCUT2D eigenvalue weighted by Crippen LogP contribution is 2.33. The highest BCUT2D eigenvalue weighted by Gasteiger charge is 2.48. The van der Waals surface area contributed by atoms with Crippen molar-refractivity contribution < 1.29 is 49.6 Å². The Morgan fingerprint density at radius 2 is 1.40 bits per heavy atom. The Morgan fingerprint density at radius 1 is 0.886 bits per heavy atom. The molecule has 0 saturated carbocycles. The average molecular weight is 493 g/mol. The molecule has 1 aliphatic rings. The van der Waals surface area contributed by atoms with Crippen LogP contribution in [0.3, 0.4) is 0 Å². The number of ether oxygens (including phenoxy) is 3. The standard InChI is InChI=1S/C25H32O10/c1-12(8-14-4-6-16(26)18(10-14)33-3)13(2)9-15-5-7-17(27)19(11-15)34-25-22(30)20(28)21(29)23(35-25)24(31)32/h4-7,10-13,20-23,25-30H,8-9H2,1-3H3,(H,31,32)/t12?,13?,20-,21-,22+,23-,25+/m1/s1. The van der Waals surface area contributed by atoms with Gasteiger partial charge in [-0.3, -0.25) is 0 Å². The SMILES string of the molecule is COc1cc(CC(C)C(C)Cc2ccc(O)c(O[C@H]3O[C@@H](C(=O)O)[C@H](O)[C@@H](O)[C@@H]3O)c2)ccc1O. The molecular weight excluding hydrogens is 460 g/mol. The molecule has 1 saturated heterocycles. The number of aliphatic carboxylic acids is 1. The third-order valence-electron chi connectivity index (χ3n) is 6.41. The van der Waals surface area contributed by atoms with E-state index in [1.807, 2.05) is 6.07 Å². The maximum atomic E-state index is 11.3. The number of hydrogen-bond donors (Lipinski definition) is 6. The third-order valence-corrected chi connectivity index (χ3v) is 6.41. The fourth-order valence-corrected chi connectivity index (χ4v) is 4.05. The molecule has 35 heavy (non-hydrogen) atoms. The van der Waals surface area contributed by atoms with Crippen molar-refractivity contribution in [3.05, 3.63) is 47.5 Å². The van der Waals surface area contributed by atoms with E-state index in [2.05, 4.69) is 13.8 Å².